The number of nitrogens with zero attached hydrogens (tertiary/aromatic N) is 1. The van der Waals surface area contributed by atoms with Gasteiger partial charge in [0.15, 0.2) is 0 Å². The van der Waals surface area contributed by atoms with Gasteiger partial charge in [-0.15, -0.1) is 0 Å². The molecule has 1 aromatic carbocycles. The Labute approximate surface area is 101 Å². The fourth-order valence-corrected chi connectivity index (χ4v) is 1.95. The minimum Gasteiger partial charge on any atom is -0.291 e. The molecule has 0 heterocycles. The molecule has 0 radical (unpaired) electrons. The summed E-state index contributed by atoms with van der Waals surface area (Å²) in [4.78, 5) is 2.29. The van der Waals surface area contributed by atoms with Gasteiger partial charge < -0.3 is 0 Å². The fourth-order valence-electron chi connectivity index (χ4n) is 1.80. The summed E-state index contributed by atoms with van der Waals surface area (Å²) in [5, 5.41) is 0.661. The van der Waals surface area contributed by atoms with Crippen LogP contribution in [0.25, 0.3) is 0 Å². The van der Waals surface area contributed by atoms with E-state index in [0.717, 1.165) is 12.1 Å². The summed E-state index contributed by atoms with van der Waals surface area (Å²) in [7, 11) is 0. The second-order valence-corrected chi connectivity index (χ2v) is 4.81. The van der Waals surface area contributed by atoms with Crippen LogP contribution < -0.4 is 0 Å². The first kappa shape index (κ1) is 11.6. The zero-order chi connectivity index (χ0) is 11.5. The van der Waals surface area contributed by atoms with E-state index in [0.29, 0.717) is 17.6 Å². The third-order valence-corrected chi connectivity index (χ3v) is 2.86. The second-order valence-electron chi connectivity index (χ2n) is 4.28. The highest BCUT2D eigenvalue weighted by atomic mass is 35.5. The Morgan fingerprint density at radius 1 is 1.38 bits per heavy atom. The summed E-state index contributed by atoms with van der Waals surface area (Å²) in [6.07, 6.45) is 2.46. The zero-order valence-electron chi connectivity index (χ0n) is 9.13. The van der Waals surface area contributed by atoms with Crippen LogP contribution in [0.2, 0.25) is 0 Å². The molecule has 1 aliphatic carbocycles. The van der Waals surface area contributed by atoms with Crippen LogP contribution in [0.5, 0.6) is 0 Å². The minimum absolute atomic E-state index is 0.191. The zero-order valence-corrected chi connectivity index (χ0v) is 9.88. The number of hydrogen-bond acceptors (Lipinski definition) is 1. The van der Waals surface area contributed by atoms with Crippen molar-refractivity contribution in [3.63, 3.8) is 0 Å². The van der Waals surface area contributed by atoms with Gasteiger partial charge >= 0.3 is 0 Å². The molecule has 0 N–H and O–H groups in total. The molecule has 0 spiro atoms. The van der Waals surface area contributed by atoms with Gasteiger partial charge in [-0.3, -0.25) is 4.90 Å². The molecule has 0 aliphatic heterocycles. The summed E-state index contributed by atoms with van der Waals surface area (Å²) >= 11 is 5.84. The fraction of sp³-hybridized carbons (Fsp3) is 0.385. The van der Waals surface area contributed by atoms with Gasteiger partial charge in [-0.05, 0) is 30.5 Å². The van der Waals surface area contributed by atoms with Gasteiger partial charge in [-0.2, -0.15) is 0 Å². The molecule has 3 heteroatoms. The van der Waals surface area contributed by atoms with E-state index < -0.39 is 0 Å². The van der Waals surface area contributed by atoms with Crippen LogP contribution in [0.4, 0.5) is 4.39 Å². The van der Waals surface area contributed by atoms with Crippen molar-refractivity contribution < 1.29 is 4.39 Å². The summed E-state index contributed by atoms with van der Waals surface area (Å²) in [5.41, 5.74) is 1.12. The van der Waals surface area contributed by atoms with Crippen molar-refractivity contribution in [2.24, 2.45) is 0 Å². The van der Waals surface area contributed by atoms with Crippen molar-refractivity contribution in [1.82, 2.24) is 4.90 Å². The molecule has 1 aromatic rings. The first-order chi connectivity index (χ1) is 7.65. The van der Waals surface area contributed by atoms with E-state index in [1.807, 2.05) is 12.1 Å². The molecule has 0 bridgehead atoms. The summed E-state index contributed by atoms with van der Waals surface area (Å²) in [5.74, 6) is -0.191. The molecule has 0 amide bonds. The van der Waals surface area contributed by atoms with E-state index in [9.17, 15) is 4.39 Å². The van der Waals surface area contributed by atoms with E-state index in [4.69, 9.17) is 11.6 Å². The average Bonchev–Trinajstić information content (AvgIpc) is 3.03. The maximum atomic E-state index is 12.8. The monoisotopic (exact) mass is 239 g/mol. The van der Waals surface area contributed by atoms with E-state index in [2.05, 4.69) is 11.5 Å². The lowest BCUT2D eigenvalue weighted by Crippen LogP contribution is -2.26. The number of hydrogen-bond donors (Lipinski definition) is 0. The Balaban J connectivity index is 1.99. The van der Waals surface area contributed by atoms with Crippen LogP contribution in [-0.2, 0) is 6.54 Å². The molecule has 86 valence electrons. The van der Waals surface area contributed by atoms with Crippen LogP contribution in [0.1, 0.15) is 18.4 Å². The van der Waals surface area contributed by atoms with Gasteiger partial charge in [0, 0.05) is 24.2 Å². The first-order valence-corrected chi connectivity index (χ1v) is 5.85. The Kier molecular flexibility index (Phi) is 3.62. The molecular weight excluding hydrogens is 225 g/mol. The predicted octanol–water partition coefficient (Wildman–Crippen LogP) is 3.54. The molecule has 16 heavy (non-hydrogen) atoms. The summed E-state index contributed by atoms with van der Waals surface area (Å²) in [6.45, 7) is 5.25. The van der Waals surface area contributed by atoms with Gasteiger partial charge in [-0.25, -0.2) is 4.39 Å². The highest BCUT2D eigenvalue weighted by molar-refractivity contribution is 6.29. The molecule has 1 saturated carbocycles. The van der Waals surface area contributed by atoms with Crippen molar-refractivity contribution in [3.05, 3.63) is 47.3 Å². The molecule has 2 rings (SSSR count). The SMILES string of the molecule is C=C(Cl)CN(Cc1ccc(F)cc1)C1CC1. The van der Waals surface area contributed by atoms with Crippen molar-refractivity contribution >= 4 is 11.6 Å². The lowest BCUT2D eigenvalue weighted by atomic mass is 10.2. The molecule has 1 nitrogen and oxygen atoms in total. The standard InChI is InChI=1S/C13H15ClFN/c1-10(14)8-16(13-6-7-13)9-11-2-4-12(15)5-3-11/h2-5,13H,1,6-9H2. The van der Waals surface area contributed by atoms with E-state index in [-0.39, 0.29) is 5.82 Å². The normalized spacial score (nSPS) is 15.4. The van der Waals surface area contributed by atoms with Gasteiger partial charge in [0.25, 0.3) is 0 Å². The topological polar surface area (TPSA) is 3.24 Å². The largest absolute Gasteiger partial charge is 0.291 e. The van der Waals surface area contributed by atoms with E-state index in [1.54, 1.807) is 0 Å². The average molecular weight is 240 g/mol. The van der Waals surface area contributed by atoms with Crippen LogP contribution in [0.3, 0.4) is 0 Å². The van der Waals surface area contributed by atoms with Crippen molar-refractivity contribution in [1.29, 1.82) is 0 Å². The Bertz CT molecular complexity index is 370. The first-order valence-electron chi connectivity index (χ1n) is 5.47. The minimum atomic E-state index is -0.191. The van der Waals surface area contributed by atoms with Gasteiger partial charge in [-0.1, -0.05) is 30.3 Å². The summed E-state index contributed by atoms with van der Waals surface area (Å²) < 4.78 is 12.8. The van der Waals surface area contributed by atoms with Crippen LogP contribution in [0, 0.1) is 5.82 Å². The highest BCUT2D eigenvalue weighted by Gasteiger charge is 2.28. The van der Waals surface area contributed by atoms with Crippen molar-refractivity contribution in [2.75, 3.05) is 6.54 Å². The third-order valence-electron chi connectivity index (χ3n) is 2.74. The Morgan fingerprint density at radius 2 is 2.00 bits per heavy atom. The quantitative estimate of drug-likeness (QED) is 0.760. The molecule has 1 aliphatic rings. The molecule has 0 unspecified atom stereocenters. The summed E-state index contributed by atoms with van der Waals surface area (Å²) in [6, 6.07) is 7.26. The molecule has 0 atom stereocenters. The second kappa shape index (κ2) is 4.98. The van der Waals surface area contributed by atoms with Crippen molar-refractivity contribution in [2.45, 2.75) is 25.4 Å². The smallest absolute Gasteiger partial charge is 0.123 e. The highest BCUT2D eigenvalue weighted by Crippen LogP contribution is 2.29. The van der Waals surface area contributed by atoms with Crippen LogP contribution in [-0.4, -0.2) is 17.5 Å². The molecule has 0 saturated heterocycles. The maximum absolute atomic E-state index is 12.8. The third kappa shape index (κ3) is 3.32. The van der Waals surface area contributed by atoms with Crippen molar-refractivity contribution in [3.8, 4) is 0 Å². The molecular formula is C13H15ClFN. The number of benzene rings is 1. The van der Waals surface area contributed by atoms with Gasteiger partial charge in [0.2, 0.25) is 0 Å². The predicted molar refractivity (Wildman–Crippen MR) is 64.8 cm³/mol. The lowest BCUT2D eigenvalue weighted by molar-refractivity contribution is 0.281. The van der Waals surface area contributed by atoms with Crippen LogP contribution in [0.15, 0.2) is 35.9 Å². The lowest BCUT2D eigenvalue weighted by Gasteiger charge is -2.21. The Hall–Kier alpha value is -0.860. The Morgan fingerprint density at radius 3 is 2.50 bits per heavy atom. The number of rotatable bonds is 5. The molecule has 0 aromatic heterocycles. The number of halogens is 2. The molecule has 1 fully saturated rings. The van der Waals surface area contributed by atoms with E-state index >= 15 is 0 Å². The van der Waals surface area contributed by atoms with Crippen LogP contribution >= 0.6 is 11.6 Å². The van der Waals surface area contributed by atoms with E-state index in [1.165, 1.54) is 25.0 Å². The maximum Gasteiger partial charge on any atom is 0.123 e. The van der Waals surface area contributed by atoms with Gasteiger partial charge in [0.1, 0.15) is 5.82 Å². The van der Waals surface area contributed by atoms with Gasteiger partial charge in [0.05, 0.1) is 0 Å².